The number of nitrogens with one attached hydrogen (secondary N) is 7. The monoisotopic (exact) mass is 895 g/mol. The Morgan fingerprint density at radius 2 is 0.968 bits per heavy atom. The molecular formula is C41H65N7O15. The summed E-state index contributed by atoms with van der Waals surface area (Å²) in [5.41, 5.74) is 0.556. The maximum absolute atomic E-state index is 13.7. The van der Waals surface area contributed by atoms with Crippen LogP contribution in [0, 0.1) is 11.8 Å². The van der Waals surface area contributed by atoms with Crippen LogP contribution in [-0.4, -0.2) is 152 Å². The van der Waals surface area contributed by atoms with E-state index in [0.29, 0.717) is 12.0 Å². The predicted octanol–water partition coefficient (Wildman–Crippen LogP) is -2.81. The van der Waals surface area contributed by atoms with E-state index in [4.69, 9.17) is 0 Å². The molecule has 10 atom stereocenters. The van der Waals surface area contributed by atoms with Crippen molar-refractivity contribution in [1.82, 2.24) is 37.2 Å². The quantitative estimate of drug-likeness (QED) is 0.0386. The highest BCUT2D eigenvalue weighted by Crippen LogP contribution is 2.11. The van der Waals surface area contributed by atoms with E-state index in [0.717, 1.165) is 26.7 Å². The number of hydrogen-bond acceptors (Lipinski definition) is 13. The second-order valence-electron chi connectivity index (χ2n) is 15.8. The first-order valence-corrected chi connectivity index (χ1v) is 20.7. The molecular weight excluding hydrogens is 830 g/mol. The predicted molar refractivity (Wildman–Crippen MR) is 224 cm³/mol. The molecule has 13 N–H and O–H groups in total. The van der Waals surface area contributed by atoms with E-state index in [9.17, 15) is 73.8 Å². The van der Waals surface area contributed by atoms with Crippen molar-refractivity contribution < 1.29 is 73.8 Å². The maximum atomic E-state index is 13.7. The van der Waals surface area contributed by atoms with Crippen LogP contribution in [0.2, 0.25) is 0 Å². The van der Waals surface area contributed by atoms with Crippen LogP contribution in [0.3, 0.4) is 0 Å². The molecule has 354 valence electrons. The zero-order valence-electron chi connectivity index (χ0n) is 36.5. The zero-order valence-corrected chi connectivity index (χ0v) is 36.5. The van der Waals surface area contributed by atoms with Crippen molar-refractivity contribution in [2.45, 2.75) is 141 Å². The number of carboxylic acid groups (broad SMARTS) is 2. The van der Waals surface area contributed by atoms with E-state index in [1.54, 1.807) is 51.1 Å². The van der Waals surface area contributed by atoms with E-state index < -0.39 is 140 Å². The van der Waals surface area contributed by atoms with Gasteiger partial charge in [0.2, 0.25) is 41.4 Å². The minimum atomic E-state index is -1.91. The van der Waals surface area contributed by atoms with Crippen molar-refractivity contribution >= 4 is 53.3 Å². The van der Waals surface area contributed by atoms with Crippen LogP contribution in [0.1, 0.15) is 85.6 Å². The lowest BCUT2D eigenvalue weighted by molar-refractivity contribution is -0.143. The van der Waals surface area contributed by atoms with Gasteiger partial charge in [0.25, 0.3) is 0 Å². The van der Waals surface area contributed by atoms with Gasteiger partial charge in [-0.3, -0.25) is 38.4 Å². The first-order valence-electron chi connectivity index (χ1n) is 20.7. The number of aliphatic hydroxyl groups is 4. The molecule has 63 heavy (non-hydrogen) atoms. The second-order valence-corrected chi connectivity index (χ2v) is 15.8. The molecule has 0 spiro atoms. The minimum absolute atomic E-state index is 0.0613. The number of carboxylic acids is 2. The molecule has 0 aliphatic heterocycles. The van der Waals surface area contributed by atoms with Crippen molar-refractivity contribution in [3.8, 4) is 0 Å². The van der Waals surface area contributed by atoms with Crippen LogP contribution in [-0.2, 0) is 49.6 Å². The van der Waals surface area contributed by atoms with Crippen molar-refractivity contribution in [2.75, 3.05) is 13.2 Å². The van der Waals surface area contributed by atoms with Gasteiger partial charge in [-0.25, -0.2) is 4.79 Å². The third-order valence-corrected chi connectivity index (χ3v) is 9.71. The highest BCUT2D eigenvalue weighted by atomic mass is 16.4. The zero-order chi connectivity index (χ0) is 48.0. The third-order valence-electron chi connectivity index (χ3n) is 9.71. The van der Waals surface area contributed by atoms with Crippen LogP contribution < -0.4 is 37.2 Å². The molecule has 0 radical (unpaired) electrons. The van der Waals surface area contributed by atoms with E-state index in [-0.39, 0.29) is 18.8 Å². The van der Waals surface area contributed by atoms with Crippen molar-refractivity contribution in [1.29, 1.82) is 0 Å². The second kappa shape index (κ2) is 28.1. The van der Waals surface area contributed by atoms with Gasteiger partial charge in [-0.15, -0.1) is 0 Å². The number of hydrogen-bond donors (Lipinski definition) is 13. The van der Waals surface area contributed by atoms with Gasteiger partial charge in [0, 0.05) is 18.8 Å². The lowest BCUT2D eigenvalue weighted by Gasteiger charge is -2.29. The average Bonchev–Trinajstić information content (AvgIpc) is 3.22. The molecule has 7 amide bonds. The van der Waals surface area contributed by atoms with Gasteiger partial charge in [-0.2, -0.15) is 0 Å². The lowest BCUT2D eigenvalue weighted by Crippen LogP contribution is -2.63. The molecule has 1 rings (SSSR count). The third kappa shape index (κ3) is 19.9. The highest BCUT2D eigenvalue weighted by Gasteiger charge is 2.37. The van der Waals surface area contributed by atoms with Gasteiger partial charge in [0.15, 0.2) is 0 Å². The van der Waals surface area contributed by atoms with Gasteiger partial charge >= 0.3 is 11.9 Å². The number of benzene rings is 1. The van der Waals surface area contributed by atoms with Crippen molar-refractivity contribution in [3.63, 3.8) is 0 Å². The van der Waals surface area contributed by atoms with Gasteiger partial charge in [0.05, 0.1) is 25.4 Å². The topological polar surface area (TPSA) is 359 Å². The molecule has 0 aliphatic carbocycles. The summed E-state index contributed by atoms with van der Waals surface area (Å²) in [5, 5.41) is 75.8. The molecule has 0 aromatic heterocycles. The van der Waals surface area contributed by atoms with E-state index >= 15 is 0 Å². The minimum Gasteiger partial charge on any atom is -0.481 e. The van der Waals surface area contributed by atoms with Crippen LogP contribution in [0.4, 0.5) is 0 Å². The first kappa shape index (κ1) is 55.3. The van der Waals surface area contributed by atoms with E-state index in [1.165, 1.54) is 0 Å². The lowest BCUT2D eigenvalue weighted by atomic mass is 10.0. The van der Waals surface area contributed by atoms with Crippen molar-refractivity contribution in [2.24, 2.45) is 11.8 Å². The Morgan fingerprint density at radius 1 is 0.540 bits per heavy atom. The first-order chi connectivity index (χ1) is 29.6. The molecule has 0 aliphatic rings. The standard InChI is InChI=1S/C41H65N7O15/c1-7-8-12-22(4)34(55)45-29(19-49)37(58)46-30(20-50)38(59)48-32(23(5)51)39(60)42-26(15-16-31(53)54)35(56)47-33(24(6)52)40(61)43-27(18-25-13-10-9-11-14-25)36(57)44-28(41(62)63)17-21(2)3/h9-11,13-14,21-24,26-30,32-33,49-52H,7-8,12,15-20H2,1-6H3,(H,42,60)(H,43,61)(H,44,57)(H,45,55)(H,46,58)(H,47,56)(H,48,59)(H,53,54)(H,62,63)/t22-,23+,24+,26-,27-,28-,29-,30-,32-,33-/m0/s1. The summed E-state index contributed by atoms with van der Waals surface area (Å²) in [7, 11) is 0. The molecule has 0 saturated carbocycles. The van der Waals surface area contributed by atoms with Gasteiger partial charge in [0.1, 0.15) is 42.3 Å². The summed E-state index contributed by atoms with van der Waals surface area (Å²) < 4.78 is 0. The number of unbranched alkanes of at least 4 members (excludes halogenated alkanes) is 1. The van der Waals surface area contributed by atoms with Gasteiger partial charge in [-0.1, -0.05) is 70.9 Å². The van der Waals surface area contributed by atoms with Crippen molar-refractivity contribution in [3.05, 3.63) is 35.9 Å². The number of amides is 7. The normalized spacial score (nSPS) is 15.9. The number of carbonyl (C=O) groups is 9. The van der Waals surface area contributed by atoms with Crippen LogP contribution in [0.5, 0.6) is 0 Å². The fraction of sp³-hybridized carbons (Fsp3) is 0.634. The Hall–Kier alpha value is -5.71. The SMILES string of the molecule is CCCC[C@H](C)C(=O)N[C@@H](CO)C(=O)N[C@@H](CO)C(=O)N[C@H](C(=O)N[C@@H](CCC(=O)O)C(=O)N[C@H](C(=O)N[C@@H](Cc1ccccc1)C(=O)N[C@@H](CC(C)C)C(=O)O)[C@@H](C)O)[C@@H](C)O. The molecule has 1 aromatic carbocycles. The molecule has 0 fully saturated rings. The Morgan fingerprint density at radius 3 is 1.41 bits per heavy atom. The molecule has 0 unspecified atom stereocenters. The Bertz CT molecular complexity index is 1690. The van der Waals surface area contributed by atoms with Crippen LogP contribution in [0.25, 0.3) is 0 Å². The summed E-state index contributed by atoms with van der Waals surface area (Å²) in [6, 6.07) is -3.26. The summed E-state index contributed by atoms with van der Waals surface area (Å²) >= 11 is 0. The molecule has 22 heteroatoms. The fourth-order valence-electron chi connectivity index (χ4n) is 6.02. The highest BCUT2D eigenvalue weighted by molar-refractivity contribution is 5.98. The number of aliphatic hydroxyl groups excluding tert-OH is 4. The van der Waals surface area contributed by atoms with Gasteiger partial charge < -0.3 is 67.9 Å². The maximum Gasteiger partial charge on any atom is 0.326 e. The molecule has 22 nitrogen and oxygen atoms in total. The number of carbonyl (C=O) groups excluding carboxylic acids is 7. The summed E-state index contributed by atoms with van der Waals surface area (Å²) in [4.78, 5) is 116. The Balaban J connectivity index is 3.28. The molecule has 1 aromatic rings. The fourth-order valence-corrected chi connectivity index (χ4v) is 6.02. The van der Waals surface area contributed by atoms with Gasteiger partial charge in [-0.05, 0) is 44.6 Å². The Labute approximate surface area is 365 Å². The van der Waals surface area contributed by atoms with E-state index in [2.05, 4.69) is 37.2 Å². The molecule has 0 bridgehead atoms. The van der Waals surface area contributed by atoms with Crippen LogP contribution >= 0.6 is 0 Å². The van der Waals surface area contributed by atoms with E-state index in [1.807, 2.05) is 6.92 Å². The average molecular weight is 896 g/mol. The summed E-state index contributed by atoms with van der Waals surface area (Å²) in [6.45, 7) is 7.31. The summed E-state index contributed by atoms with van der Waals surface area (Å²) in [6.07, 6.45) is -2.76. The molecule has 0 saturated heterocycles. The Kier molecular flexibility index (Phi) is 24.6. The summed E-state index contributed by atoms with van der Waals surface area (Å²) in [5.74, 6) is -10.7. The number of aliphatic carboxylic acids is 2. The molecule has 0 heterocycles. The smallest absolute Gasteiger partial charge is 0.326 e. The largest absolute Gasteiger partial charge is 0.481 e. The number of rotatable bonds is 29. The van der Waals surface area contributed by atoms with Crippen LogP contribution in [0.15, 0.2) is 30.3 Å².